The molecule has 0 atom stereocenters. The first-order valence-corrected chi connectivity index (χ1v) is 13.1. The number of aliphatic carboxylic acids is 3. The SMILES string of the molecule is COc1ccccc1CN(CCCn1ccnc1)Cc1ccc2ccccc2n1.O=C(O)CC(O)(CC(=O)O)C(=O)O. The van der Waals surface area contributed by atoms with Crippen LogP contribution in [0.1, 0.15) is 30.5 Å². The highest BCUT2D eigenvalue weighted by molar-refractivity contribution is 5.88. The Hall–Kier alpha value is -4.81. The minimum Gasteiger partial charge on any atom is -0.496 e. The third kappa shape index (κ3) is 9.68. The Balaban J connectivity index is 0.000000316. The van der Waals surface area contributed by atoms with Crippen molar-refractivity contribution in [3.8, 4) is 5.75 Å². The number of ether oxygens (including phenoxy) is 1. The lowest BCUT2D eigenvalue weighted by atomic mass is 9.96. The first kappa shape index (κ1) is 31.7. The molecule has 2 heterocycles. The number of aliphatic hydroxyl groups is 1. The number of para-hydroxylation sites is 2. The maximum absolute atomic E-state index is 10.3. The molecule has 0 saturated heterocycles. The van der Waals surface area contributed by atoms with Crippen LogP contribution < -0.4 is 4.74 Å². The average Bonchev–Trinajstić information content (AvgIpc) is 3.46. The van der Waals surface area contributed by atoms with Crippen molar-refractivity contribution in [1.29, 1.82) is 0 Å². The molecule has 0 spiro atoms. The van der Waals surface area contributed by atoms with Gasteiger partial charge < -0.3 is 29.7 Å². The number of benzene rings is 2. The topological polar surface area (TPSA) is 175 Å². The smallest absolute Gasteiger partial charge is 0.336 e. The van der Waals surface area contributed by atoms with Crippen molar-refractivity contribution in [2.45, 2.75) is 44.5 Å². The lowest BCUT2D eigenvalue weighted by molar-refractivity contribution is -0.170. The molecule has 0 aliphatic heterocycles. The molecule has 42 heavy (non-hydrogen) atoms. The number of aryl methyl sites for hydroxylation is 1. The van der Waals surface area contributed by atoms with Gasteiger partial charge in [0.1, 0.15) is 5.75 Å². The van der Waals surface area contributed by atoms with Gasteiger partial charge in [0.15, 0.2) is 5.60 Å². The Morgan fingerprint density at radius 2 is 1.62 bits per heavy atom. The minimum atomic E-state index is -2.74. The number of aromatic nitrogens is 3. The Bertz CT molecular complexity index is 1460. The number of rotatable bonds is 14. The number of hydrogen-bond acceptors (Lipinski definition) is 8. The molecular weight excluding hydrogens is 544 g/mol. The number of hydrogen-bond donors (Lipinski definition) is 4. The molecule has 0 amide bonds. The summed E-state index contributed by atoms with van der Waals surface area (Å²) in [5.74, 6) is -4.09. The maximum Gasteiger partial charge on any atom is 0.336 e. The van der Waals surface area contributed by atoms with Gasteiger partial charge in [-0.2, -0.15) is 0 Å². The molecule has 222 valence electrons. The zero-order valence-electron chi connectivity index (χ0n) is 23.2. The fourth-order valence-electron chi connectivity index (χ4n) is 4.32. The molecule has 12 nitrogen and oxygen atoms in total. The summed E-state index contributed by atoms with van der Waals surface area (Å²) >= 11 is 0. The summed E-state index contributed by atoms with van der Waals surface area (Å²) in [6.45, 7) is 3.54. The van der Waals surface area contributed by atoms with Crippen molar-refractivity contribution in [3.05, 3.63) is 90.6 Å². The first-order valence-electron chi connectivity index (χ1n) is 13.1. The minimum absolute atomic E-state index is 0.798. The molecule has 0 aliphatic rings. The van der Waals surface area contributed by atoms with Crippen molar-refractivity contribution in [3.63, 3.8) is 0 Å². The number of fused-ring (bicyclic) bond motifs is 1. The second-order valence-corrected chi connectivity index (χ2v) is 9.65. The van der Waals surface area contributed by atoms with E-state index < -0.39 is 36.4 Å². The van der Waals surface area contributed by atoms with E-state index in [1.54, 1.807) is 7.11 Å². The third-order valence-electron chi connectivity index (χ3n) is 6.36. The van der Waals surface area contributed by atoms with Crippen LogP contribution in [0, 0.1) is 0 Å². The van der Waals surface area contributed by atoms with E-state index in [-0.39, 0.29) is 0 Å². The fourth-order valence-corrected chi connectivity index (χ4v) is 4.32. The molecule has 0 bridgehead atoms. The molecular formula is C30H34N4O8. The van der Waals surface area contributed by atoms with E-state index in [4.69, 9.17) is 30.1 Å². The van der Waals surface area contributed by atoms with Gasteiger partial charge in [0, 0.05) is 49.5 Å². The van der Waals surface area contributed by atoms with Gasteiger partial charge >= 0.3 is 17.9 Å². The lowest BCUT2D eigenvalue weighted by Crippen LogP contribution is -2.42. The Labute approximate surface area is 242 Å². The number of nitrogens with zero attached hydrogens (tertiary/aromatic N) is 4. The van der Waals surface area contributed by atoms with Crippen molar-refractivity contribution in [2.75, 3.05) is 13.7 Å². The van der Waals surface area contributed by atoms with Crippen LogP contribution in [-0.4, -0.2) is 77.0 Å². The summed E-state index contributed by atoms with van der Waals surface area (Å²) in [7, 11) is 1.73. The molecule has 0 aliphatic carbocycles. The van der Waals surface area contributed by atoms with Gasteiger partial charge in [-0.25, -0.2) is 9.78 Å². The van der Waals surface area contributed by atoms with Crippen LogP contribution in [0.15, 0.2) is 79.4 Å². The summed E-state index contributed by atoms with van der Waals surface area (Å²) in [4.78, 5) is 41.9. The molecule has 0 unspecified atom stereocenters. The van der Waals surface area contributed by atoms with E-state index in [0.29, 0.717) is 0 Å². The van der Waals surface area contributed by atoms with Gasteiger partial charge in [0.2, 0.25) is 0 Å². The molecule has 2 aromatic heterocycles. The Kier molecular flexibility index (Phi) is 11.5. The predicted octanol–water partition coefficient (Wildman–Crippen LogP) is 3.28. The van der Waals surface area contributed by atoms with Crippen molar-refractivity contribution in [2.24, 2.45) is 0 Å². The summed E-state index contributed by atoms with van der Waals surface area (Å²) in [5.41, 5.74) is 0.581. The third-order valence-corrected chi connectivity index (χ3v) is 6.36. The second-order valence-electron chi connectivity index (χ2n) is 9.65. The van der Waals surface area contributed by atoms with Crippen molar-refractivity contribution >= 4 is 28.8 Å². The van der Waals surface area contributed by atoms with Gasteiger partial charge in [0.05, 0.1) is 37.5 Å². The standard InChI is InChI=1S/C24H26N4O.C6H8O7/c1-29-24-10-5-3-8-21(24)17-28(15-6-14-27-16-13-25-19-27)18-22-12-11-20-7-2-4-9-23(20)26-22;7-3(8)1-6(13,5(11)12)2-4(9)10/h2-5,7-13,16,19H,6,14-15,17-18H2,1H3;13H,1-2H2,(H,7,8)(H,9,10)(H,11,12). The van der Waals surface area contributed by atoms with Crippen LogP contribution in [0.5, 0.6) is 5.75 Å². The number of carbonyl (C=O) groups is 3. The van der Waals surface area contributed by atoms with Crippen molar-refractivity contribution in [1.82, 2.24) is 19.4 Å². The predicted molar refractivity (Wildman–Crippen MR) is 153 cm³/mol. The second kappa shape index (κ2) is 15.3. The highest BCUT2D eigenvalue weighted by Crippen LogP contribution is 2.21. The normalized spacial score (nSPS) is 11.1. The summed E-state index contributed by atoms with van der Waals surface area (Å²) in [5, 5.41) is 35.0. The molecule has 4 rings (SSSR count). The van der Waals surface area contributed by atoms with Crippen LogP contribution in [-0.2, 0) is 34.0 Å². The Morgan fingerprint density at radius 3 is 2.26 bits per heavy atom. The summed E-state index contributed by atoms with van der Waals surface area (Å²) < 4.78 is 7.68. The van der Waals surface area contributed by atoms with Gasteiger partial charge in [0.25, 0.3) is 0 Å². The molecule has 0 fully saturated rings. The quantitative estimate of drug-likeness (QED) is 0.173. The zero-order valence-corrected chi connectivity index (χ0v) is 23.2. The van der Waals surface area contributed by atoms with E-state index in [1.165, 1.54) is 10.9 Å². The lowest BCUT2D eigenvalue weighted by Gasteiger charge is -2.23. The average molecular weight is 579 g/mol. The monoisotopic (exact) mass is 578 g/mol. The largest absolute Gasteiger partial charge is 0.496 e. The summed E-state index contributed by atoms with van der Waals surface area (Å²) in [6, 6.07) is 20.8. The number of imidazole rings is 1. The molecule has 0 saturated carbocycles. The van der Waals surface area contributed by atoms with Crippen LogP contribution >= 0.6 is 0 Å². The fraction of sp³-hybridized carbons (Fsp3) is 0.300. The molecule has 4 aromatic rings. The number of carboxylic acids is 3. The zero-order chi connectivity index (χ0) is 30.5. The highest BCUT2D eigenvalue weighted by Gasteiger charge is 2.40. The van der Waals surface area contributed by atoms with E-state index in [9.17, 15) is 14.4 Å². The van der Waals surface area contributed by atoms with Crippen LogP contribution in [0.3, 0.4) is 0 Å². The Morgan fingerprint density at radius 1 is 0.929 bits per heavy atom. The first-order chi connectivity index (χ1) is 20.1. The molecule has 12 heteroatoms. The van der Waals surface area contributed by atoms with Crippen LogP contribution in [0.4, 0.5) is 0 Å². The van der Waals surface area contributed by atoms with Gasteiger partial charge in [-0.1, -0.05) is 42.5 Å². The van der Waals surface area contributed by atoms with Crippen LogP contribution in [0.25, 0.3) is 10.9 Å². The maximum atomic E-state index is 10.3. The number of pyridine rings is 1. The van der Waals surface area contributed by atoms with E-state index in [1.807, 2.05) is 43.0 Å². The number of methoxy groups -OCH3 is 1. The molecule has 0 radical (unpaired) electrons. The van der Waals surface area contributed by atoms with Crippen LogP contribution in [0.2, 0.25) is 0 Å². The van der Waals surface area contributed by atoms with Gasteiger partial charge in [-0.15, -0.1) is 0 Å². The van der Waals surface area contributed by atoms with Gasteiger partial charge in [-0.3, -0.25) is 19.5 Å². The summed E-state index contributed by atoms with van der Waals surface area (Å²) in [6.07, 6.45) is 4.46. The molecule has 4 N–H and O–H groups in total. The van der Waals surface area contributed by atoms with E-state index >= 15 is 0 Å². The van der Waals surface area contributed by atoms with E-state index in [2.05, 4.69) is 50.8 Å². The number of carboxylic acid groups (broad SMARTS) is 3. The van der Waals surface area contributed by atoms with E-state index in [0.717, 1.165) is 49.6 Å². The van der Waals surface area contributed by atoms with Crippen molar-refractivity contribution < 1.29 is 39.5 Å². The van der Waals surface area contributed by atoms with Gasteiger partial charge in [-0.05, 0) is 24.6 Å². The molecule has 2 aromatic carbocycles. The highest BCUT2D eigenvalue weighted by atomic mass is 16.5.